The quantitative estimate of drug-likeness (QED) is 0.697. The van der Waals surface area contributed by atoms with Crippen molar-refractivity contribution < 1.29 is 4.79 Å². The Labute approximate surface area is 175 Å². The first kappa shape index (κ1) is 20.2. The minimum absolute atomic E-state index is 0.00477. The third-order valence-electron chi connectivity index (χ3n) is 6.85. The zero-order valence-electron chi connectivity index (χ0n) is 18.0. The molecule has 2 aliphatic carbocycles. The van der Waals surface area contributed by atoms with E-state index in [-0.39, 0.29) is 5.91 Å². The zero-order valence-corrected chi connectivity index (χ0v) is 18.0. The first-order chi connectivity index (χ1) is 14.1. The molecule has 0 radical (unpaired) electrons. The molecule has 2 aliphatic rings. The molecule has 0 spiro atoms. The van der Waals surface area contributed by atoms with Gasteiger partial charge in [-0.25, -0.2) is 4.98 Å². The van der Waals surface area contributed by atoms with Crippen molar-refractivity contribution in [3.63, 3.8) is 0 Å². The van der Waals surface area contributed by atoms with Gasteiger partial charge in [0, 0.05) is 23.8 Å². The van der Waals surface area contributed by atoms with Gasteiger partial charge in [-0.05, 0) is 45.4 Å². The number of imidazole rings is 1. The highest BCUT2D eigenvalue weighted by atomic mass is 16.2. The van der Waals surface area contributed by atoms with Crippen molar-refractivity contribution in [3.8, 4) is 11.4 Å². The van der Waals surface area contributed by atoms with E-state index in [1.165, 1.54) is 56.9 Å². The van der Waals surface area contributed by atoms with Crippen LogP contribution in [-0.2, 0) is 6.54 Å². The highest BCUT2D eigenvalue weighted by Crippen LogP contribution is 2.30. The van der Waals surface area contributed by atoms with E-state index in [0.717, 1.165) is 36.5 Å². The van der Waals surface area contributed by atoms with Crippen LogP contribution in [0.1, 0.15) is 86.0 Å². The second-order valence-corrected chi connectivity index (χ2v) is 9.16. The molecule has 2 saturated carbocycles. The highest BCUT2D eigenvalue weighted by molar-refractivity contribution is 5.94. The number of hydrogen-bond acceptors (Lipinski definition) is 2. The summed E-state index contributed by atoms with van der Waals surface area (Å²) in [4.78, 5) is 18.0. The van der Waals surface area contributed by atoms with Gasteiger partial charge >= 0.3 is 0 Å². The summed E-state index contributed by atoms with van der Waals surface area (Å²) in [5.41, 5.74) is 3.97. The van der Waals surface area contributed by atoms with Crippen LogP contribution in [-0.4, -0.2) is 21.5 Å². The Bertz CT molecular complexity index is 824. The number of amides is 1. The maximum Gasteiger partial charge on any atom is 0.271 e. The van der Waals surface area contributed by atoms with Gasteiger partial charge in [-0.2, -0.15) is 0 Å². The third-order valence-corrected chi connectivity index (χ3v) is 6.85. The van der Waals surface area contributed by atoms with Gasteiger partial charge in [-0.1, -0.05) is 68.4 Å². The number of carbonyl (C=O) groups excluding carboxylic acids is 1. The molecule has 0 saturated heterocycles. The predicted molar refractivity (Wildman–Crippen MR) is 118 cm³/mol. The Morgan fingerprint density at radius 1 is 0.966 bits per heavy atom. The topological polar surface area (TPSA) is 46.9 Å². The number of benzene rings is 1. The van der Waals surface area contributed by atoms with E-state index in [1.807, 2.05) is 0 Å². The Balaban J connectivity index is 1.63. The smallest absolute Gasteiger partial charge is 0.271 e. The van der Waals surface area contributed by atoms with Crippen LogP contribution in [0, 0.1) is 19.8 Å². The average molecular weight is 394 g/mol. The molecule has 1 aromatic heterocycles. The van der Waals surface area contributed by atoms with Crippen molar-refractivity contribution in [3.05, 3.63) is 41.2 Å². The number of nitrogens with one attached hydrogen (secondary N) is 1. The maximum absolute atomic E-state index is 13.1. The lowest BCUT2D eigenvalue weighted by Gasteiger charge is -2.24. The number of aromatic nitrogens is 2. The van der Waals surface area contributed by atoms with Crippen LogP contribution in [0.5, 0.6) is 0 Å². The summed E-state index contributed by atoms with van der Waals surface area (Å²) in [6.07, 6.45) is 12.5. The third kappa shape index (κ3) is 4.73. The van der Waals surface area contributed by atoms with E-state index in [4.69, 9.17) is 4.98 Å². The summed E-state index contributed by atoms with van der Waals surface area (Å²) < 4.78 is 2.32. The Morgan fingerprint density at radius 3 is 2.24 bits per heavy atom. The molecule has 0 unspecified atom stereocenters. The molecule has 2 fully saturated rings. The molecular formula is C25H35N3O. The van der Waals surface area contributed by atoms with Crippen LogP contribution >= 0.6 is 0 Å². The number of hydrogen-bond donors (Lipinski definition) is 1. The fourth-order valence-electron chi connectivity index (χ4n) is 5.02. The zero-order chi connectivity index (χ0) is 20.2. The second-order valence-electron chi connectivity index (χ2n) is 9.16. The van der Waals surface area contributed by atoms with Gasteiger partial charge in [-0.3, -0.25) is 4.79 Å². The largest absolute Gasteiger partial charge is 0.348 e. The number of carbonyl (C=O) groups is 1. The monoisotopic (exact) mass is 393 g/mol. The molecule has 156 valence electrons. The molecule has 1 N–H and O–H groups in total. The standard InChI is InChI=1S/C25H35N3O/c1-18-13-15-21(16-14-18)24-27-23(25(29)26-22-11-7-4-8-12-22)19(2)28(24)17-20-9-5-3-6-10-20/h13-16,20,22H,3-12,17H2,1-2H3,(H,26,29). The van der Waals surface area contributed by atoms with E-state index in [2.05, 4.69) is 48.0 Å². The van der Waals surface area contributed by atoms with Crippen LogP contribution < -0.4 is 5.32 Å². The van der Waals surface area contributed by atoms with Crippen LogP contribution in [0.4, 0.5) is 0 Å². The van der Waals surface area contributed by atoms with Crippen molar-refractivity contribution >= 4 is 5.91 Å². The van der Waals surface area contributed by atoms with Gasteiger partial charge in [0.2, 0.25) is 0 Å². The summed E-state index contributed by atoms with van der Waals surface area (Å²) in [5, 5.41) is 3.27. The van der Waals surface area contributed by atoms with Crippen LogP contribution in [0.3, 0.4) is 0 Å². The lowest BCUT2D eigenvalue weighted by molar-refractivity contribution is 0.0922. The highest BCUT2D eigenvalue weighted by Gasteiger charge is 2.25. The normalized spacial score (nSPS) is 18.7. The van der Waals surface area contributed by atoms with Crippen molar-refractivity contribution in [2.75, 3.05) is 0 Å². The van der Waals surface area contributed by atoms with Crippen LogP contribution in [0.25, 0.3) is 11.4 Å². The van der Waals surface area contributed by atoms with Crippen molar-refractivity contribution in [2.45, 2.75) is 90.6 Å². The molecule has 1 heterocycles. The molecule has 29 heavy (non-hydrogen) atoms. The predicted octanol–water partition coefficient (Wildman–Crippen LogP) is 5.81. The van der Waals surface area contributed by atoms with Gasteiger partial charge in [0.1, 0.15) is 11.5 Å². The minimum atomic E-state index is 0.00477. The Kier molecular flexibility index (Phi) is 6.37. The Hall–Kier alpha value is -2.10. The van der Waals surface area contributed by atoms with Crippen LogP contribution in [0.15, 0.2) is 24.3 Å². The number of aryl methyl sites for hydroxylation is 1. The Morgan fingerprint density at radius 2 is 1.59 bits per heavy atom. The van der Waals surface area contributed by atoms with Gasteiger partial charge in [0.15, 0.2) is 0 Å². The summed E-state index contributed by atoms with van der Waals surface area (Å²) in [5.74, 6) is 1.64. The SMILES string of the molecule is Cc1ccc(-c2nc(C(=O)NC3CCCCC3)c(C)n2CC2CCCCC2)cc1. The molecule has 2 aromatic rings. The lowest BCUT2D eigenvalue weighted by atomic mass is 9.89. The van der Waals surface area contributed by atoms with Gasteiger partial charge in [-0.15, -0.1) is 0 Å². The minimum Gasteiger partial charge on any atom is -0.348 e. The fraction of sp³-hybridized carbons (Fsp3) is 0.600. The average Bonchev–Trinajstić information content (AvgIpc) is 3.06. The van der Waals surface area contributed by atoms with Crippen molar-refractivity contribution in [1.82, 2.24) is 14.9 Å². The molecule has 0 atom stereocenters. The summed E-state index contributed by atoms with van der Waals surface area (Å²) >= 11 is 0. The van der Waals surface area contributed by atoms with Crippen molar-refractivity contribution in [2.24, 2.45) is 5.92 Å². The summed E-state index contributed by atoms with van der Waals surface area (Å²) in [7, 11) is 0. The molecule has 1 amide bonds. The lowest BCUT2D eigenvalue weighted by Crippen LogP contribution is -2.36. The number of nitrogens with zero attached hydrogens (tertiary/aromatic N) is 2. The molecular weight excluding hydrogens is 358 g/mol. The first-order valence-corrected chi connectivity index (χ1v) is 11.6. The molecule has 4 heteroatoms. The summed E-state index contributed by atoms with van der Waals surface area (Å²) in [6.45, 7) is 5.15. The molecule has 4 rings (SSSR count). The molecule has 1 aromatic carbocycles. The first-order valence-electron chi connectivity index (χ1n) is 11.6. The van der Waals surface area contributed by atoms with Crippen LogP contribution in [0.2, 0.25) is 0 Å². The van der Waals surface area contributed by atoms with E-state index < -0.39 is 0 Å². The molecule has 0 bridgehead atoms. The van der Waals surface area contributed by atoms with Crippen molar-refractivity contribution in [1.29, 1.82) is 0 Å². The van der Waals surface area contributed by atoms with Gasteiger partial charge in [0.25, 0.3) is 5.91 Å². The molecule has 4 nitrogen and oxygen atoms in total. The molecule has 0 aliphatic heterocycles. The van der Waals surface area contributed by atoms with E-state index >= 15 is 0 Å². The maximum atomic E-state index is 13.1. The van der Waals surface area contributed by atoms with Gasteiger partial charge < -0.3 is 9.88 Å². The second kappa shape index (κ2) is 9.15. The summed E-state index contributed by atoms with van der Waals surface area (Å²) in [6, 6.07) is 8.84. The van der Waals surface area contributed by atoms with E-state index in [1.54, 1.807) is 0 Å². The van der Waals surface area contributed by atoms with E-state index in [0.29, 0.717) is 17.7 Å². The number of rotatable bonds is 5. The van der Waals surface area contributed by atoms with Gasteiger partial charge in [0.05, 0.1) is 0 Å². The van der Waals surface area contributed by atoms with E-state index in [9.17, 15) is 4.79 Å². The fourth-order valence-corrected chi connectivity index (χ4v) is 5.02.